The van der Waals surface area contributed by atoms with Gasteiger partial charge in [0.05, 0.1) is 16.3 Å². The van der Waals surface area contributed by atoms with E-state index < -0.39 is 9.84 Å². The molecule has 0 saturated heterocycles. The first kappa shape index (κ1) is 22.3. The van der Waals surface area contributed by atoms with E-state index in [-0.39, 0.29) is 34.8 Å². The molecule has 2 aliphatic rings. The summed E-state index contributed by atoms with van der Waals surface area (Å²) in [6.07, 6.45) is 2.18. The highest BCUT2D eigenvalue weighted by molar-refractivity contribution is 9.10. The Morgan fingerprint density at radius 2 is 1.87 bits per heavy atom. The Morgan fingerprint density at radius 3 is 2.55 bits per heavy atom. The zero-order chi connectivity index (χ0) is 22.2. The predicted molar refractivity (Wildman–Crippen MR) is 123 cm³/mol. The number of rotatable bonds is 7. The van der Waals surface area contributed by atoms with E-state index in [9.17, 15) is 18.0 Å². The fourth-order valence-electron chi connectivity index (χ4n) is 3.71. The van der Waals surface area contributed by atoms with Crippen LogP contribution in [0.1, 0.15) is 30.4 Å². The van der Waals surface area contributed by atoms with Gasteiger partial charge in [-0.2, -0.15) is 0 Å². The van der Waals surface area contributed by atoms with Crippen LogP contribution in [0.4, 0.5) is 5.69 Å². The fourth-order valence-corrected chi connectivity index (χ4v) is 6.00. The maximum Gasteiger partial charge on any atom is 0.230 e. The molecule has 0 atom stereocenters. The van der Waals surface area contributed by atoms with Crippen LogP contribution in [0.15, 0.2) is 45.8 Å². The molecule has 1 N–H and O–H groups in total. The van der Waals surface area contributed by atoms with Gasteiger partial charge in [-0.25, -0.2) is 8.42 Å². The summed E-state index contributed by atoms with van der Waals surface area (Å²) >= 11 is 9.24. The van der Waals surface area contributed by atoms with Crippen molar-refractivity contribution < 1.29 is 18.0 Å². The van der Waals surface area contributed by atoms with Crippen LogP contribution in [0.3, 0.4) is 0 Å². The van der Waals surface area contributed by atoms with Crippen LogP contribution < -0.4 is 10.2 Å². The van der Waals surface area contributed by atoms with Crippen molar-refractivity contribution in [2.45, 2.75) is 37.1 Å². The van der Waals surface area contributed by atoms with Crippen LogP contribution in [-0.4, -0.2) is 32.5 Å². The van der Waals surface area contributed by atoms with E-state index in [1.807, 2.05) is 6.07 Å². The third-order valence-electron chi connectivity index (χ3n) is 5.52. The first-order chi connectivity index (χ1) is 14.7. The van der Waals surface area contributed by atoms with Gasteiger partial charge in [-0.05, 0) is 54.7 Å². The highest BCUT2D eigenvalue weighted by Gasteiger charge is 2.39. The normalized spacial score (nSPS) is 15.6. The standard InChI is InChI=1S/C22H22BrClN2O4S/c23-17-11-16-7-9-26(22(28)15-3-4-15)21(16)19(12-17)31(29,30)10-8-20(27)25-13-14-1-5-18(24)6-2-14/h1-2,5-6,11-12,15H,3-4,7-10,13H2,(H,25,27). The summed E-state index contributed by atoms with van der Waals surface area (Å²) in [7, 11) is -3.77. The molecule has 1 aliphatic carbocycles. The first-order valence-electron chi connectivity index (χ1n) is 10.1. The van der Waals surface area contributed by atoms with Gasteiger partial charge in [0.2, 0.25) is 11.8 Å². The minimum absolute atomic E-state index is 0.00164. The third kappa shape index (κ3) is 5.13. The van der Waals surface area contributed by atoms with E-state index in [4.69, 9.17) is 11.6 Å². The van der Waals surface area contributed by atoms with Gasteiger partial charge in [0.1, 0.15) is 0 Å². The Hall–Kier alpha value is -1.90. The van der Waals surface area contributed by atoms with Crippen molar-refractivity contribution in [1.82, 2.24) is 5.32 Å². The van der Waals surface area contributed by atoms with Gasteiger partial charge in [0.25, 0.3) is 0 Å². The predicted octanol–water partition coefficient (Wildman–Crippen LogP) is 3.88. The molecule has 0 spiro atoms. The first-order valence-corrected chi connectivity index (χ1v) is 12.9. The molecule has 2 aromatic carbocycles. The number of anilines is 1. The number of hydrogen-bond acceptors (Lipinski definition) is 4. The van der Waals surface area contributed by atoms with Gasteiger partial charge < -0.3 is 10.2 Å². The molecule has 31 heavy (non-hydrogen) atoms. The van der Waals surface area contributed by atoms with E-state index in [0.717, 1.165) is 24.0 Å². The molecular weight excluding hydrogens is 504 g/mol. The smallest absolute Gasteiger partial charge is 0.230 e. The van der Waals surface area contributed by atoms with E-state index in [2.05, 4.69) is 21.2 Å². The lowest BCUT2D eigenvalue weighted by Crippen LogP contribution is -2.31. The Bertz CT molecular complexity index is 1130. The molecule has 1 aliphatic heterocycles. The number of fused-ring (bicyclic) bond motifs is 1. The highest BCUT2D eigenvalue weighted by atomic mass is 79.9. The summed E-state index contributed by atoms with van der Waals surface area (Å²) in [5.41, 5.74) is 2.20. The fraction of sp³-hybridized carbons (Fsp3) is 0.364. The summed E-state index contributed by atoms with van der Waals surface area (Å²) < 4.78 is 27.0. The van der Waals surface area contributed by atoms with Gasteiger partial charge in [0.15, 0.2) is 9.84 Å². The number of hydrogen-bond donors (Lipinski definition) is 1. The van der Waals surface area contributed by atoms with Gasteiger partial charge in [-0.3, -0.25) is 9.59 Å². The highest BCUT2D eigenvalue weighted by Crippen LogP contribution is 2.41. The van der Waals surface area contributed by atoms with Gasteiger partial charge in [-0.15, -0.1) is 0 Å². The lowest BCUT2D eigenvalue weighted by atomic mass is 10.2. The van der Waals surface area contributed by atoms with Gasteiger partial charge in [-0.1, -0.05) is 39.7 Å². The second kappa shape index (κ2) is 8.92. The van der Waals surface area contributed by atoms with Crippen LogP contribution in [-0.2, 0) is 32.4 Å². The zero-order valence-electron chi connectivity index (χ0n) is 16.7. The number of nitrogens with zero attached hydrogens (tertiary/aromatic N) is 1. The van der Waals surface area contributed by atoms with Crippen molar-refractivity contribution in [2.75, 3.05) is 17.2 Å². The third-order valence-corrected chi connectivity index (χ3v) is 7.95. The molecule has 4 rings (SSSR count). The summed E-state index contributed by atoms with van der Waals surface area (Å²) in [5.74, 6) is -0.675. The molecule has 2 amide bonds. The summed E-state index contributed by atoms with van der Waals surface area (Å²) in [6.45, 7) is 0.789. The van der Waals surface area contributed by atoms with Crippen LogP contribution in [0, 0.1) is 5.92 Å². The van der Waals surface area contributed by atoms with Crippen molar-refractivity contribution in [3.05, 3.63) is 57.0 Å². The average molecular weight is 526 g/mol. The van der Waals surface area contributed by atoms with Gasteiger partial charge >= 0.3 is 0 Å². The average Bonchev–Trinajstić information content (AvgIpc) is 3.50. The Balaban J connectivity index is 1.46. The molecule has 0 unspecified atom stereocenters. The molecule has 1 heterocycles. The molecule has 9 heteroatoms. The number of nitrogens with one attached hydrogen (secondary N) is 1. The molecule has 0 aromatic heterocycles. The van der Waals surface area contributed by atoms with Gasteiger partial charge in [0, 0.05) is 34.9 Å². The summed E-state index contributed by atoms with van der Waals surface area (Å²) in [6, 6.07) is 10.5. The van der Waals surface area contributed by atoms with Crippen LogP contribution in [0.25, 0.3) is 0 Å². The SMILES string of the molecule is O=C(CCS(=O)(=O)c1cc(Br)cc2c1N(C(=O)C1CC1)CC2)NCc1ccc(Cl)cc1. The second-order valence-electron chi connectivity index (χ2n) is 7.90. The van der Waals surface area contributed by atoms with Crippen molar-refractivity contribution in [3.63, 3.8) is 0 Å². The van der Waals surface area contributed by atoms with Crippen molar-refractivity contribution in [1.29, 1.82) is 0 Å². The number of amides is 2. The Labute approximate surface area is 195 Å². The molecule has 0 bridgehead atoms. The minimum atomic E-state index is -3.77. The van der Waals surface area contributed by atoms with E-state index >= 15 is 0 Å². The van der Waals surface area contributed by atoms with Crippen molar-refractivity contribution >= 4 is 54.9 Å². The Morgan fingerprint density at radius 1 is 1.16 bits per heavy atom. The number of benzene rings is 2. The lowest BCUT2D eigenvalue weighted by molar-refractivity contribution is -0.121. The lowest BCUT2D eigenvalue weighted by Gasteiger charge is -2.20. The zero-order valence-corrected chi connectivity index (χ0v) is 19.9. The van der Waals surface area contributed by atoms with Crippen LogP contribution in [0.5, 0.6) is 0 Å². The largest absolute Gasteiger partial charge is 0.352 e. The van der Waals surface area contributed by atoms with E-state index in [0.29, 0.717) is 34.7 Å². The number of sulfone groups is 1. The van der Waals surface area contributed by atoms with Crippen molar-refractivity contribution in [2.24, 2.45) is 5.92 Å². The molecule has 164 valence electrons. The quantitative estimate of drug-likeness (QED) is 0.595. The summed E-state index contributed by atoms with van der Waals surface area (Å²) in [4.78, 5) is 26.7. The molecule has 1 saturated carbocycles. The number of carbonyl (C=O) groups excluding carboxylic acids is 2. The Kier molecular flexibility index (Phi) is 6.42. The van der Waals surface area contributed by atoms with Crippen molar-refractivity contribution in [3.8, 4) is 0 Å². The number of carbonyl (C=O) groups is 2. The van der Waals surface area contributed by atoms with E-state index in [1.54, 1.807) is 29.2 Å². The molecule has 1 fully saturated rings. The minimum Gasteiger partial charge on any atom is -0.352 e. The summed E-state index contributed by atoms with van der Waals surface area (Å²) in [5, 5.41) is 3.34. The van der Waals surface area contributed by atoms with E-state index in [1.165, 1.54) is 6.07 Å². The molecular formula is C22H22BrClN2O4S. The maximum absolute atomic E-state index is 13.2. The number of halogens is 2. The molecule has 6 nitrogen and oxygen atoms in total. The topological polar surface area (TPSA) is 83.6 Å². The molecule has 2 aromatic rings. The van der Waals surface area contributed by atoms with Crippen LogP contribution in [0.2, 0.25) is 5.02 Å². The maximum atomic E-state index is 13.2. The van der Waals surface area contributed by atoms with Crippen LogP contribution >= 0.6 is 27.5 Å². The molecule has 0 radical (unpaired) electrons. The monoisotopic (exact) mass is 524 g/mol. The second-order valence-corrected chi connectivity index (χ2v) is 11.3.